The van der Waals surface area contributed by atoms with Crippen molar-refractivity contribution in [2.75, 3.05) is 0 Å². The summed E-state index contributed by atoms with van der Waals surface area (Å²) in [4.78, 5) is 15.0. The van der Waals surface area contributed by atoms with Crippen LogP contribution in [0, 0.1) is 0 Å². The van der Waals surface area contributed by atoms with Crippen molar-refractivity contribution in [1.29, 1.82) is 0 Å². The fraction of sp³-hybridized carbons (Fsp3) is 0.250. The lowest BCUT2D eigenvalue weighted by atomic mass is 10.0. The van der Waals surface area contributed by atoms with Crippen LogP contribution in [0.4, 0.5) is 0 Å². The Balaban J connectivity index is 0.000000637. The van der Waals surface area contributed by atoms with E-state index >= 15 is 0 Å². The summed E-state index contributed by atoms with van der Waals surface area (Å²) in [5.74, 6) is 2.74. The predicted molar refractivity (Wildman–Crippen MR) is 180 cm³/mol. The van der Waals surface area contributed by atoms with E-state index in [2.05, 4.69) is 108 Å². The van der Waals surface area contributed by atoms with E-state index in [4.69, 9.17) is 15.0 Å². The standard InChI is InChI=1S/C30H24N6.3C2H6/c1-34-25-13-7-4-10-22(25)31-28(34)19-16-20(29-32-23-11-5-8-14-26(23)35(29)2)18-21(17-19)30-33-24-12-6-9-15-27(24)36(30)3;3*1-2/h4-18H,1-3H3;3*1-2H3. The lowest BCUT2D eigenvalue weighted by Gasteiger charge is -2.11. The minimum Gasteiger partial charge on any atom is -0.327 e. The smallest absolute Gasteiger partial charge is 0.140 e. The zero-order valence-electron chi connectivity index (χ0n) is 26.3. The van der Waals surface area contributed by atoms with Crippen molar-refractivity contribution >= 4 is 33.1 Å². The number of fused-ring (bicyclic) bond motifs is 3. The number of nitrogens with zero attached hydrogens (tertiary/aromatic N) is 6. The van der Waals surface area contributed by atoms with Gasteiger partial charge in [-0.15, -0.1) is 0 Å². The largest absolute Gasteiger partial charge is 0.327 e. The SMILES string of the molecule is CC.CC.CC.Cn1c(-c2cc(-c3nc4ccccc4n3C)cc(-c3nc4ccccc4n3C)c2)nc2ccccc21. The molecule has 0 unspecified atom stereocenters. The van der Waals surface area contributed by atoms with Crippen molar-refractivity contribution < 1.29 is 0 Å². The average molecular weight is 559 g/mol. The van der Waals surface area contributed by atoms with Gasteiger partial charge < -0.3 is 13.7 Å². The van der Waals surface area contributed by atoms with Gasteiger partial charge >= 0.3 is 0 Å². The van der Waals surface area contributed by atoms with Gasteiger partial charge in [0.2, 0.25) is 0 Å². The van der Waals surface area contributed by atoms with Gasteiger partial charge in [-0.25, -0.2) is 15.0 Å². The molecule has 0 fully saturated rings. The van der Waals surface area contributed by atoms with E-state index in [1.807, 2.05) is 59.7 Å². The van der Waals surface area contributed by atoms with Crippen LogP contribution in [0.5, 0.6) is 0 Å². The highest BCUT2D eigenvalue weighted by atomic mass is 15.1. The number of para-hydroxylation sites is 6. The third kappa shape index (κ3) is 5.32. The first kappa shape index (κ1) is 30.3. The molecule has 7 rings (SSSR count). The van der Waals surface area contributed by atoms with Crippen molar-refractivity contribution in [3.63, 3.8) is 0 Å². The zero-order valence-corrected chi connectivity index (χ0v) is 26.3. The van der Waals surface area contributed by atoms with E-state index in [0.717, 1.165) is 67.3 Å². The normalized spacial score (nSPS) is 10.5. The van der Waals surface area contributed by atoms with E-state index in [9.17, 15) is 0 Å². The number of hydrogen-bond donors (Lipinski definition) is 0. The molecule has 216 valence electrons. The van der Waals surface area contributed by atoms with Crippen LogP contribution in [-0.2, 0) is 21.1 Å². The summed E-state index contributed by atoms with van der Waals surface area (Å²) in [6, 6.07) is 31.3. The second-order valence-electron chi connectivity index (χ2n) is 9.25. The van der Waals surface area contributed by atoms with Crippen molar-refractivity contribution in [2.45, 2.75) is 41.5 Å². The molecule has 0 aliphatic rings. The number of rotatable bonds is 3. The molecule has 0 atom stereocenters. The summed E-state index contributed by atoms with van der Waals surface area (Å²) in [6.45, 7) is 12.0. The molecule has 0 amide bonds. The molecule has 0 bridgehead atoms. The molecule has 3 heterocycles. The fourth-order valence-corrected chi connectivity index (χ4v) is 5.23. The minimum atomic E-state index is 0.914. The summed E-state index contributed by atoms with van der Waals surface area (Å²) >= 11 is 0. The van der Waals surface area contributed by atoms with Crippen LogP contribution in [0.1, 0.15) is 41.5 Å². The third-order valence-electron chi connectivity index (χ3n) is 7.07. The Morgan fingerprint density at radius 1 is 0.381 bits per heavy atom. The van der Waals surface area contributed by atoms with Gasteiger partial charge in [-0.3, -0.25) is 0 Å². The Bertz CT molecular complexity index is 1700. The minimum absolute atomic E-state index is 0.914. The molecule has 42 heavy (non-hydrogen) atoms. The molecule has 3 aromatic heterocycles. The molecule has 0 aliphatic carbocycles. The highest BCUT2D eigenvalue weighted by Gasteiger charge is 2.18. The van der Waals surface area contributed by atoms with Gasteiger partial charge in [0.05, 0.1) is 33.1 Å². The molecule has 6 nitrogen and oxygen atoms in total. The average Bonchev–Trinajstić information content (AvgIpc) is 3.71. The fourth-order valence-electron chi connectivity index (χ4n) is 5.23. The zero-order chi connectivity index (χ0) is 30.4. The van der Waals surface area contributed by atoms with E-state index in [-0.39, 0.29) is 0 Å². The van der Waals surface area contributed by atoms with Crippen LogP contribution in [0.25, 0.3) is 67.3 Å². The Hall–Kier alpha value is -4.71. The van der Waals surface area contributed by atoms with Crippen LogP contribution in [0.3, 0.4) is 0 Å². The lowest BCUT2D eigenvalue weighted by Crippen LogP contribution is -1.98. The van der Waals surface area contributed by atoms with Gasteiger partial charge in [-0.05, 0) is 54.6 Å². The summed E-state index contributed by atoms with van der Waals surface area (Å²) in [7, 11) is 6.21. The van der Waals surface area contributed by atoms with Gasteiger partial charge in [0.1, 0.15) is 17.5 Å². The second kappa shape index (κ2) is 13.3. The molecule has 0 radical (unpaired) electrons. The highest BCUT2D eigenvalue weighted by Crippen LogP contribution is 2.35. The second-order valence-corrected chi connectivity index (χ2v) is 9.25. The molecular weight excluding hydrogens is 516 g/mol. The van der Waals surface area contributed by atoms with Crippen LogP contribution in [0.15, 0.2) is 91.0 Å². The number of imidazole rings is 3. The number of aromatic nitrogens is 6. The number of benzene rings is 4. The summed E-state index contributed by atoms with van der Waals surface area (Å²) in [5, 5.41) is 0. The van der Waals surface area contributed by atoms with E-state index in [1.165, 1.54) is 0 Å². The van der Waals surface area contributed by atoms with Crippen LogP contribution < -0.4 is 0 Å². The molecule has 7 aromatic rings. The maximum atomic E-state index is 4.99. The lowest BCUT2D eigenvalue weighted by molar-refractivity contribution is 0.949. The maximum Gasteiger partial charge on any atom is 0.140 e. The highest BCUT2D eigenvalue weighted by molar-refractivity contribution is 5.87. The number of aryl methyl sites for hydroxylation is 3. The Labute approximate surface area is 249 Å². The van der Waals surface area contributed by atoms with E-state index in [1.54, 1.807) is 0 Å². The summed E-state index contributed by atoms with van der Waals surface area (Å²) < 4.78 is 6.46. The van der Waals surface area contributed by atoms with Crippen LogP contribution in [-0.4, -0.2) is 28.7 Å². The summed E-state index contributed by atoms with van der Waals surface area (Å²) in [6.07, 6.45) is 0. The Morgan fingerprint density at radius 3 is 0.857 bits per heavy atom. The Kier molecular flexibility index (Phi) is 9.58. The molecule has 0 spiro atoms. The molecule has 4 aromatic carbocycles. The monoisotopic (exact) mass is 558 g/mol. The molecule has 0 saturated carbocycles. The van der Waals surface area contributed by atoms with E-state index in [0.29, 0.717) is 0 Å². The van der Waals surface area contributed by atoms with Crippen molar-refractivity contribution in [2.24, 2.45) is 21.1 Å². The van der Waals surface area contributed by atoms with Gasteiger partial charge in [-0.1, -0.05) is 77.9 Å². The molecular formula is C36H42N6. The topological polar surface area (TPSA) is 53.5 Å². The predicted octanol–water partition coefficient (Wildman–Crippen LogP) is 9.43. The van der Waals surface area contributed by atoms with Crippen LogP contribution in [0.2, 0.25) is 0 Å². The first-order valence-corrected chi connectivity index (χ1v) is 15.0. The number of hydrogen-bond acceptors (Lipinski definition) is 3. The van der Waals surface area contributed by atoms with Crippen LogP contribution >= 0.6 is 0 Å². The first-order valence-electron chi connectivity index (χ1n) is 15.0. The summed E-state index contributed by atoms with van der Waals surface area (Å²) in [5.41, 5.74) is 9.33. The Morgan fingerprint density at radius 2 is 0.619 bits per heavy atom. The van der Waals surface area contributed by atoms with Gasteiger partial charge in [-0.2, -0.15) is 0 Å². The van der Waals surface area contributed by atoms with Gasteiger partial charge in [0.15, 0.2) is 0 Å². The van der Waals surface area contributed by atoms with Crippen molar-refractivity contribution in [3.8, 4) is 34.2 Å². The maximum absolute atomic E-state index is 4.99. The quantitative estimate of drug-likeness (QED) is 0.217. The van der Waals surface area contributed by atoms with Crippen molar-refractivity contribution in [3.05, 3.63) is 91.0 Å². The first-order chi connectivity index (χ1) is 20.6. The van der Waals surface area contributed by atoms with Gasteiger partial charge in [0, 0.05) is 37.8 Å². The molecule has 6 heteroatoms. The third-order valence-corrected chi connectivity index (χ3v) is 7.07. The molecule has 0 N–H and O–H groups in total. The molecule has 0 saturated heterocycles. The van der Waals surface area contributed by atoms with Gasteiger partial charge in [0.25, 0.3) is 0 Å². The van der Waals surface area contributed by atoms with Crippen molar-refractivity contribution in [1.82, 2.24) is 28.7 Å². The molecule has 0 aliphatic heterocycles. The van der Waals surface area contributed by atoms with E-state index < -0.39 is 0 Å².